The summed E-state index contributed by atoms with van der Waals surface area (Å²) in [5.74, 6) is -0.0563. The first kappa shape index (κ1) is 16.7. The zero-order valence-electron chi connectivity index (χ0n) is 14.5. The van der Waals surface area contributed by atoms with E-state index in [0.717, 1.165) is 18.4 Å². The topological polar surface area (TPSA) is 29.1 Å². The van der Waals surface area contributed by atoms with Crippen molar-refractivity contribution in [2.24, 2.45) is 5.92 Å². The monoisotopic (exact) mass is 325 g/mol. The van der Waals surface area contributed by atoms with Crippen molar-refractivity contribution in [2.45, 2.75) is 45.1 Å². The van der Waals surface area contributed by atoms with E-state index in [1.807, 2.05) is 18.2 Å². The highest BCUT2D eigenvalue weighted by atomic mass is 19.1. The molecule has 2 aromatic carbocycles. The molecule has 1 aliphatic carbocycles. The lowest BCUT2D eigenvalue weighted by molar-refractivity contribution is -0.124. The Morgan fingerprint density at radius 3 is 2.67 bits per heavy atom. The van der Waals surface area contributed by atoms with Crippen LogP contribution in [0.15, 0.2) is 48.5 Å². The molecule has 1 saturated carbocycles. The van der Waals surface area contributed by atoms with Crippen molar-refractivity contribution in [2.75, 3.05) is 0 Å². The van der Waals surface area contributed by atoms with E-state index in [0.29, 0.717) is 0 Å². The standard InChI is InChI=1S/C21H24FNO/c1-14-7-4-5-8-16(14)13-21(2,3)23-20(24)19-12-18(19)15-9-6-10-17(22)11-15/h4-11,18-19H,12-13H2,1-3H3,(H,23,24). The van der Waals surface area contributed by atoms with Gasteiger partial charge in [-0.25, -0.2) is 4.39 Å². The van der Waals surface area contributed by atoms with Crippen LogP contribution in [-0.2, 0) is 11.2 Å². The Hall–Kier alpha value is -2.16. The Morgan fingerprint density at radius 2 is 1.96 bits per heavy atom. The molecule has 24 heavy (non-hydrogen) atoms. The largest absolute Gasteiger partial charge is 0.351 e. The minimum atomic E-state index is -0.307. The van der Waals surface area contributed by atoms with Crippen LogP contribution in [0.3, 0.4) is 0 Å². The van der Waals surface area contributed by atoms with Crippen molar-refractivity contribution in [3.05, 3.63) is 71.0 Å². The molecule has 0 heterocycles. The molecule has 0 bridgehead atoms. The Bertz CT molecular complexity index is 753. The fourth-order valence-electron chi connectivity index (χ4n) is 3.35. The summed E-state index contributed by atoms with van der Waals surface area (Å²) < 4.78 is 13.3. The first-order valence-electron chi connectivity index (χ1n) is 8.48. The lowest BCUT2D eigenvalue weighted by atomic mass is 9.92. The molecule has 3 rings (SSSR count). The first-order chi connectivity index (χ1) is 11.4. The van der Waals surface area contributed by atoms with Gasteiger partial charge in [0.2, 0.25) is 5.91 Å². The maximum Gasteiger partial charge on any atom is 0.224 e. The summed E-state index contributed by atoms with van der Waals surface area (Å²) in [6, 6.07) is 14.8. The molecular weight excluding hydrogens is 301 g/mol. The van der Waals surface area contributed by atoms with E-state index in [4.69, 9.17) is 0 Å². The van der Waals surface area contributed by atoms with E-state index in [2.05, 4.69) is 38.2 Å². The average molecular weight is 325 g/mol. The van der Waals surface area contributed by atoms with Crippen molar-refractivity contribution in [3.8, 4) is 0 Å². The molecule has 3 heteroatoms. The van der Waals surface area contributed by atoms with Crippen LogP contribution in [0.5, 0.6) is 0 Å². The number of benzene rings is 2. The fraction of sp³-hybridized carbons (Fsp3) is 0.381. The second-order valence-corrected chi connectivity index (χ2v) is 7.48. The molecule has 2 atom stereocenters. The van der Waals surface area contributed by atoms with Gasteiger partial charge >= 0.3 is 0 Å². The predicted molar refractivity (Wildman–Crippen MR) is 94.4 cm³/mol. The number of nitrogens with one attached hydrogen (secondary N) is 1. The number of hydrogen-bond acceptors (Lipinski definition) is 1. The molecule has 2 aromatic rings. The molecule has 0 spiro atoms. The third-order valence-electron chi connectivity index (χ3n) is 4.76. The van der Waals surface area contributed by atoms with Crippen molar-refractivity contribution in [1.82, 2.24) is 5.32 Å². The van der Waals surface area contributed by atoms with Gasteiger partial charge in [0, 0.05) is 11.5 Å². The molecule has 1 aliphatic rings. The molecule has 0 aliphatic heterocycles. The van der Waals surface area contributed by atoms with Crippen molar-refractivity contribution >= 4 is 5.91 Å². The zero-order chi connectivity index (χ0) is 17.3. The molecule has 0 saturated heterocycles. The maximum absolute atomic E-state index is 13.3. The van der Waals surface area contributed by atoms with Crippen LogP contribution < -0.4 is 5.32 Å². The molecule has 1 fully saturated rings. The van der Waals surface area contributed by atoms with Gasteiger partial charge in [-0.3, -0.25) is 4.79 Å². The highest BCUT2D eigenvalue weighted by molar-refractivity contribution is 5.83. The van der Waals surface area contributed by atoms with Crippen molar-refractivity contribution in [3.63, 3.8) is 0 Å². The van der Waals surface area contributed by atoms with Crippen LogP contribution in [0.25, 0.3) is 0 Å². The number of halogens is 1. The summed E-state index contributed by atoms with van der Waals surface area (Å²) in [6.45, 7) is 6.20. The van der Waals surface area contributed by atoms with Gasteiger partial charge in [0.1, 0.15) is 5.82 Å². The summed E-state index contributed by atoms with van der Waals surface area (Å²) in [4.78, 5) is 12.6. The third-order valence-corrected chi connectivity index (χ3v) is 4.76. The fourth-order valence-corrected chi connectivity index (χ4v) is 3.35. The minimum absolute atomic E-state index is 0.0389. The van der Waals surface area contributed by atoms with E-state index in [9.17, 15) is 9.18 Å². The first-order valence-corrected chi connectivity index (χ1v) is 8.48. The van der Waals surface area contributed by atoms with E-state index >= 15 is 0 Å². The van der Waals surface area contributed by atoms with Crippen LogP contribution in [0, 0.1) is 18.7 Å². The van der Waals surface area contributed by atoms with Gasteiger partial charge in [-0.2, -0.15) is 0 Å². The molecule has 126 valence electrons. The van der Waals surface area contributed by atoms with Crippen LogP contribution >= 0.6 is 0 Å². The van der Waals surface area contributed by atoms with Gasteiger partial charge in [-0.05, 0) is 68.4 Å². The molecule has 1 amide bonds. The molecule has 1 N–H and O–H groups in total. The van der Waals surface area contributed by atoms with Crippen LogP contribution in [0.1, 0.15) is 42.9 Å². The highest BCUT2D eigenvalue weighted by Crippen LogP contribution is 2.47. The summed E-state index contributed by atoms with van der Waals surface area (Å²) >= 11 is 0. The normalized spacial score (nSPS) is 19.8. The molecule has 2 nitrogen and oxygen atoms in total. The lowest BCUT2D eigenvalue weighted by Crippen LogP contribution is -2.46. The SMILES string of the molecule is Cc1ccccc1CC(C)(C)NC(=O)C1CC1c1cccc(F)c1. The van der Waals surface area contributed by atoms with Crippen LogP contribution in [0.4, 0.5) is 4.39 Å². The second-order valence-electron chi connectivity index (χ2n) is 7.48. The number of hydrogen-bond donors (Lipinski definition) is 1. The summed E-state index contributed by atoms with van der Waals surface area (Å²) in [6.07, 6.45) is 1.60. The van der Waals surface area contributed by atoms with Gasteiger partial charge < -0.3 is 5.32 Å². The average Bonchev–Trinajstić information content (AvgIpc) is 3.30. The number of rotatable bonds is 5. The summed E-state index contributed by atoms with van der Waals surface area (Å²) in [5, 5.41) is 3.18. The Labute approximate surface area is 143 Å². The molecule has 0 radical (unpaired) electrons. The van der Waals surface area contributed by atoms with Gasteiger partial charge in [0.15, 0.2) is 0 Å². The van der Waals surface area contributed by atoms with Crippen molar-refractivity contribution in [1.29, 1.82) is 0 Å². The predicted octanol–water partition coefficient (Wildman–Crippen LogP) is 4.38. The zero-order valence-corrected chi connectivity index (χ0v) is 14.5. The highest BCUT2D eigenvalue weighted by Gasteiger charge is 2.45. The van der Waals surface area contributed by atoms with E-state index in [-0.39, 0.29) is 29.1 Å². The Balaban J connectivity index is 1.62. The minimum Gasteiger partial charge on any atom is -0.351 e. The van der Waals surface area contributed by atoms with Gasteiger partial charge in [-0.15, -0.1) is 0 Å². The smallest absolute Gasteiger partial charge is 0.224 e. The number of aryl methyl sites for hydroxylation is 1. The third kappa shape index (κ3) is 3.84. The van der Waals surface area contributed by atoms with Gasteiger partial charge in [0.25, 0.3) is 0 Å². The van der Waals surface area contributed by atoms with E-state index in [1.165, 1.54) is 23.3 Å². The molecule has 0 aromatic heterocycles. The van der Waals surface area contributed by atoms with Gasteiger partial charge in [-0.1, -0.05) is 36.4 Å². The number of amides is 1. The maximum atomic E-state index is 13.3. The van der Waals surface area contributed by atoms with Crippen LogP contribution in [0.2, 0.25) is 0 Å². The molecular formula is C21H24FNO. The Kier molecular flexibility index (Phi) is 4.44. The van der Waals surface area contributed by atoms with E-state index in [1.54, 1.807) is 6.07 Å². The Morgan fingerprint density at radius 1 is 1.21 bits per heavy atom. The lowest BCUT2D eigenvalue weighted by Gasteiger charge is -2.27. The van der Waals surface area contributed by atoms with Crippen LogP contribution in [-0.4, -0.2) is 11.4 Å². The summed E-state index contributed by atoms with van der Waals surface area (Å²) in [7, 11) is 0. The van der Waals surface area contributed by atoms with Gasteiger partial charge in [0.05, 0.1) is 0 Å². The number of carbonyl (C=O) groups excluding carboxylic acids is 1. The van der Waals surface area contributed by atoms with E-state index < -0.39 is 0 Å². The quantitative estimate of drug-likeness (QED) is 0.868. The summed E-state index contributed by atoms with van der Waals surface area (Å²) in [5.41, 5.74) is 3.11. The number of carbonyl (C=O) groups is 1. The van der Waals surface area contributed by atoms with Crippen molar-refractivity contribution < 1.29 is 9.18 Å². The molecule has 2 unspecified atom stereocenters. The second kappa shape index (κ2) is 6.39.